The smallest absolute Gasteiger partial charge is 0.252 e. The summed E-state index contributed by atoms with van der Waals surface area (Å²) in [6, 6.07) is 17.4. The number of benzene rings is 1. The molecule has 4 heterocycles. The predicted octanol–water partition coefficient (Wildman–Crippen LogP) is 3.99. The number of anilines is 1. The zero-order valence-electron chi connectivity index (χ0n) is 18.6. The van der Waals surface area contributed by atoms with Crippen molar-refractivity contribution in [3.63, 3.8) is 0 Å². The second-order valence-corrected chi connectivity index (χ2v) is 9.33. The van der Waals surface area contributed by atoms with E-state index in [-0.39, 0.29) is 17.7 Å². The molecule has 0 atom stereocenters. The largest absolute Gasteiger partial charge is 0.369 e. The van der Waals surface area contributed by atoms with Gasteiger partial charge < -0.3 is 16.0 Å². The quantitative estimate of drug-likeness (QED) is 0.443. The molecule has 1 aliphatic rings. The molecule has 5 rings (SSSR count). The zero-order valence-corrected chi connectivity index (χ0v) is 19.4. The number of fused-ring (bicyclic) bond motifs is 1. The number of piperidine rings is 1. The summed E-state index contributed by atoms with van der Waals surface area (Å²) in [7, 11) is 0. The van der Waals surface area contributed by atoms with Gasteiger partial charge in [-0.25, -0.2) is 9.97 Å². The number of amides is 2. The Morgan fingerprint density at radius 3 is 2.68 bits per heavy atom. The third-order valence-electron chi connectivity index (χ3n) is 6.24. The van der Waals surface area contributed by atoms with Crippen LogP contribution < -0.4 is 16.0 Å². The number of hydrogen-bond donors (Lipinski definition) is 2. The maximum absolute atomic E-state index is 13.3. The summed E-state index contributed by atoms with van der Waals surface area (Å²) < 4.78 is 0. The highest BCUT2D eigenvalue weighted by Gasteiger charge is 2.25. The molecule has 34 heavy (non-hydrogen) atoms. The van der Waals surface area contributed by atoms with Gasteiger partial charge in [-0.05, 0) is 42.5 Å². The summed E-state index contributed by atoms with van der Waals surface area (Å²) >= 11 is 1.60. The van der Waals surface area contributed by atoms with Crippen molar-refractivity contribution in [2.24, 2.45) is 11.7 Å². The highest BCUT2D eigenvalue weighted by Crippen LogP contribution is 2.28. The number of thiophene rings is 1. The van der Waals surface area contributed by atoms with Crippen LogP contribution in [0.2, 0.25) is 0 Å². The van der Waals surface area contributed by atoms with Crippen molar-refractivity contribution in [2.75, 3.05) is 18.0 Å². The van der Waals surface area contributed by atoms with E-state index in [1.54, 1.807) is 17.5 Å². The minimum atomic E-state index is -0.236. The summed E-state index contributed by atoms with van der Waals surface area (Å²) in [4.78, 5) is 37.4. The van der Waals surface area contributed by atoms with Gasteiger partial charge in [0, 0.05) is 42.7 Å². The van der Waals surface area contributed by atoms with Crippen LogP contribution in [0.4, 0.5) is 5.82 Å². The van der Waals surface area contributed by atoms with Gasteiger partial charge in [0.25, 0.3) is 5.91 Å². The number of aromatic nitrogens is 2. The SMILES string of the molecule is NC(=O)C1CCN(c2ncccc2CNC(=O)c2cc(-c3cccs3)nc3ccccc23)CC1. The first-order valence-electron chi connectivity index (χ1n) is 11.3. The van der Waals surface area contributed by atoms with Crippen molar-refractivity contribution >= 4 is 39.9 Å². The molecule has 2 amide bonds. The van der Waals surface area contributed by atoms with Crippen molar-refractivity contribution < 1.29 is 9.59 Å². The van der Waals surface area contributed by atoms with Gasteiger partial charge in [0.15, 0.2) is 0 Å². The van der Waals surface area contributed by atoms with Crippen LogP contribution in [-0.2, 0) is 11.3 Å². The summed E-state index contributed by atoms with van der Waals surface area (Å²) in [5.41, 5.74) is 8.59. The third-order valence-corrected chi connectivity index (χ3v) is 7.13. The summed E-state index contributed by atoms with van der Waals surface area (Å²) in [5.74, 6) is 0.364. The van der Waals surface area contributed by atoms with Crippen molar-refractivity contribution in [3.8, 4) is 10.6 Å². The molecule has 8 heteroatoms. The maximum Gasteiger partial charge on any atom is 0.252 e. The Hall–Kier alpha value is -3.78. The van der Waals surface area contributed by atoms with Crippen molar-refractivity contribution in [1.29, 1.82) is 0 Å². The molecule has 0 aliphatic carbocycles. The molecule has 4 aromatic rings. The summed E-state index contributed by atoms with van der Waals surface area (Å²) in [5, 5.41) is 5.90. The number of nitrogens with zero attached hydrogens (tertiary/aromatic N) is 3. The van der Waals surface area contributed by atoms with Crippen LogP contribution in [0.25, 0.3) is 21.5 Å². The number of primary amides is 1. The number of carbonyl (C=O) groups is 2. The van der Waals surface area contributed by atoms with Crippen molar-refractivity contribution in [3.05, 3.63) is 77.3 Å². The van der Waals surface area contributed by atoms with Gasteiger partial charge in [-0.3, -0.25) is 9.59 Å². The fourth-order valence-corrected chi connectivity index (χ4v) is 5.10. The number of nitrogens with two attached hydrogens (primary N) is 1. The van der Waals surface area contributed by atoms with E-state index in [0.29, 0.717) is 38.0 Å². The molecule has 7 nitrogen and oxygen atoms in total. The van der Waals surface area contributed by atoms with E-state index in [0.717, 1.165) is 32.9 Å². The van der Waals surface area contributed by atoms with Gasteiger partial charge in [-0.15, -0.1) is 11.3 Å². The minimum Gasteiger partial charge on any atom is -0.369 e. The van der Waals surface area contributed by atoms with Crippen molar-refractivity contribution in [1.82, 2.24) is 15.3 Å². The van der Waals surface area contributed by atoms with Gasteiger partial charge in [0.05, 0.1) is 21.7 Å². The average molecular weight is 472 g/mol. The lowest BCUT2D eigenvalue weighted by Crippen LogP contribution is -2.39. The van der Waals surface area contributed by atoms with E-state index < -0.39 is 0 Å². The molecule has 1 fully saturated rings. The zero-order chi connectivity index (χ0) is 23.5. The Bertz CT molecular complexity index is 1330. The minimum absolute atomic E-state index is 0.0828. The first-order chi connectivity index (χ1) is 16.6. The van der Waals surface area contributed by atoms with E-state index >= 15 is 0 Å². The first-order valence-corrected chi connectivity index (χ1v) is 12.2. The molecule has 0 unspecified atom stereocenters. The average Bonchev–Trinajstić information content (AvgIpc) is 3.42. The molecular formula is C26H25N5O2S. The molecule has 1 aromatic carbocycles. The number of hydrogen-bond acceptors (Lipinski definition) is 6. The Labute approximate surface area is 201 Å². The number of carbonyl (C=O) groups excluding carboxylic acids is 2. The van der Waals surface area contributed by atoms with Crippen LogP contribution in [0.5, 0.6) is 0 Å². The summed E-state index contributed by atoms with van der Waals surface area (Å²) in [6.45, 7) is 1.78. The lowest BCUT2D eigenvalue weighted by molar-refractivity contribution is -0.122. The van der Waals surface area contributed by atoms with E-state index in [4.69, 9.17) is 10.7 Å². The Kier molecular flexibility index (Phi) is 6.22. The van der Waals surface area contributed by atoms with Crippen molar-refractivity contribution in [2.45, 2.75) is 19.4 Å². The van der Waals surface area contributed by atoms with E-state index in [2.05, 4.69) is 15.2 Å². The Morgan fingerprint density at radius 2 is 1.91 bits per heavy atom. The van der Waals surface area contributed by atoms with Gasteiger partial charge in [0.1, 0.15) is 5.82 Å². The van der Waals surface area contributed by atoms with Gasteiger partial charge >= 0.3 is 0 Å². The molecule has 1 aliphatic heterocycles. The van der Waals surface area contributed by atoms with Gasteiger partial charge in [-0.1, -0.05) is 30.3 Å². The van der Waals surface area contributed by atoms with E-state index in [9.17, 15) is 9.59 Å². The first kappa shape index (κ1) is 22.0. The lowest BCUT2D eigenvalue weighted by atomic mass is 9.96. The molecular weight excluding hydrogens is 446 g/mol. The van der Waals surface area contributed by atoms with E-state index in [1.807, 2.05) is 60.0 Å². The molecule has 0 bridgehead atoms. The normalized spacial score (nSPS) is 14.3. The number of para-hydroxylation sites is 1. The maximum atomic E-state index is 13.3. The fourth-order valence-electron chi connectivity index (χ4n) is 4.41. The molecule has 3 N–H and O–H groups in total. The van der Waals surface area contributed by atoms with Crippen LogP contribution in [0.1, 0.15) is 28.8 Å². The molecule has 1 saturated heterocycles. The molecule has 0 radical (unpaired) electrons. The second-order valence-electron chi connectivity index (χ2n) is 8.38. The Morgan fingerprint density at radius 1 is 1.09 bits per heavy atom. The molecule has 0 saturated carbocycles. The van der Waals surface area contributed by atoms with Crippen LogP contribution >= 0.6 is 11.3 Å². The van der Waals surface area contributed by atoms with Gasteiger partial charge in [0.2, 0.25) is 5.91 Å². The number of pyridine rings is 2. The second kappa shape index (κ2) is 9.61. The molecule has 0 spiro atoms. The Balaban J connectivity index is 1.37. The predicted molar refractivity (Wildman–Crippen MR) is 135 cm³/mol. The molecule has 3 aromatic heterocycles. The fraction of sp³-hybridized carbons (Fsp3) is 0.231. The lowest BCUT2D eigenvalue weighted by Gasteiger charge is -2.32. The summed E-state index contributed by atoms with van der Waals surface area (Å²) in [6.07, 6.45) is 3.18. The topological polar surface area (TPSA) is 101 Å². The third kappa shape index (κ3) is 4.49. The highest BCUT2D eigenvalue weighted by atomic mass is 32.1. The number of rotatable bonds is 6. The standard InChI is InChI=1S/C26H25N5O2S/c27-24(32)17-9-12-31(13-10-17)25-18(5-3-11-28-25)16-29-26(33)20-15-22(23-8-4-14-34-23)30-21-7-2-1-6-19(20)21/h1-8,11,14-15,17H,9-10,12-13,16H2,(H2,27,32)(H,29,33). The van der Waals surface area contributed by atoms with Crippen LogP contribution in [0.15, 0.2) is 66.2 Å². The van der Waals surface area contributed by atoms with E-state index in [1.165, 1.54) is 0 Å². The van der Waals surface area contributed by atoms with Crippen LogP contribution in [0.3, 0.4) is 0 Å². The number of nitrogens with one attached hydrogen (secondary N) is 1. The highest BCUT2D eigenvalue weighted by molar-refractivity contribution is 7.13. The van der Waals surface area contributed by atoms with Crippen LogP contribution in [0, 0.1) is 5.92 Å². The molecule has 172 valence electrons. The monoisotopic (exact) mass is 471 g/mol. The van der Waals surface area contributed by atoms with Gasteiger partial charge in [-0.2, -0.15) is 0 Å². The van der Waals surface area contributed by atoms with Crippen LogP contribution in [-0.4, -0.2) is 34.9 Å².